The fourth-order valence-corrected chi connectivity index (χ4v) is 5.29. The predicted octanol–water partition coefficient (Wildman–Crippen LogP) is 7.19. The lowest BCUT2D eigenvalue weighted by Gasteiger charge is -2.22. The molecule has 2 N–H and O–H groups in total. The van der Waals surface area contributed by atoms with Crippen molar-refractivity contribution in [1.29, 1.82) is 0 Å². The number of pyridine rings is 1. The van der Waals surface area contributed by atoms with Gasteiger partial charge in [-0.3, -0.25) is 14.7 Å². The van der Waals surface area contributed by atoms with Crippen molar-refractivity contribution in [1.82, 2.24) is 15.2 Å². The van der Waals surface area contributed by atoms with Crippen molar-refractivity contribution >= 4 is 34.4 Å². The second kappa shape index (κ2) is 14.0. The Hall–Kier alpha value is -3.35. The van der Waals surface area contributed by atoms with Crippen molar-refractivity contribution in [3.05, 3.63) is 102 Å². The van der Waals surface area contributed by atoms with E-state index >= 15 is 0 Å². The number of carbonyl (C=O) groups excluding carboxylic acids is 1. The molecular weight excluding hydrogens is 488 g/mol. The largest absolute Gasteiger partial charge is 0.352 e. The molecule has 0 saturated heterocycles. The van der Waals surface area contributed by atoms with E-state index < -0.39 is 0 Å². The van der Waals surface area contributed by atoms with E-state index in [4.69, 9.17) is 0 Å². The molecule has 0 bridgehead atoms. The Kier molecular flexibility index (Phi) is 10.2. The van der Waals surface area contributed by atoms with Crippen LogP contribution in [0.15, 0.2) is 90.0 Å². The zero-order valence-electron chi connectivity index (χ0n) is 22.6. The summed E-state index contributed by atoms with van der Waals surface area (Å²) < 4.78 is 3.36. The lowest BCUT2D eigenvalue weighted by molar-refractivity contribution is 0.0951. The van der Waals surface area contributed by atoms with Gasteiger partial charge in [-0.15, -0.1) is 0 Å². The van der Waals surface area contributed by atoms with Crippen LogP contribution in [-0.2, 0) is 13.0 Å². The molecule has 3 aromatic carbocycles. The number of amides is 1. The summed E-state index contributed by atoms with van der Waals surface area (Å²) in [6.45, 7) is 10.3. The normalized spacial score (nSPS) is 11.3. The van der Waals surface area contributed by atoms with Crippen LogP contribution in [0, 0.1) is 5.92 Å². The standard InChI is InChI=1S/C32H38N4OS/c1-4-36(23-28-11-6-5-10-27(28)22-24(2)3)21-9-20-34-32(37)26-15-17-29(18-16-26)35-38-30-14-7-12-25-13-8-19-33-31(25)30/h5-8,10-19,24,35H,4,9,20-23H2,1-3H3,(H,34,37). The Morgan fingerprint density at radius 1 is 0.947 bits per heavy atom. The summed E-state index contributed by atoms with van der Waals surface area (Å²) in [5, 5.41) is 4.19. The maximum absolute atomic E-state index is 12.7. The molecule has 4 aromatic rings. The first-order chi connectivity index (χ1) is 18.5. The van der Waals surface area contributed by atoms with Gasteiger partial charge in [0.25, 0.3) is 5.91 Å². The number of nitrogens with one attached hydrogen (secondary N) is 2. The first-order valence-electron chi connectivity index (χ1n) is 13.5. The van der Waals surface area contributed by atoms with Crippen LogP contribution < -0.4 is 10.0 Å². The molecule has 0 saturated carbocycles. The van der Waals surface area contributed by atoms with E-state index in [2.05, 4.69) is 83.2 Å². The van der Waals surface area contributed by atoms with Crippen molar-refractivity contribution in [3.63, 3.8) is 0 Å². The molecular formula is C32H38N4OS. The minimum absolute atomic E-state index is 0.0345. The van der Waals surface area contributed by atoms with Crippen LogP contribution in [0.4, 0.5) is 5.69 Å². The van der Waals surface area contributed by atoms with Crippen LogP contribution in [0.25, 0.3) is 10.9 Å². The van der Waals surface area contributed by atoms with E-state index in [-0.39, 0.29) is 5.91 Å². The third-order valence-corrected chi connectivity index (χ3v) is 7.43. The van der Waals surface area contributed by atoms with Crippen molar-refractivity contribution in [3.8, 4) is 0 Å². The van der Waals surface area contributed by atoms with Gasteiger partial charge < -0.3 is 10.0 Å². The number of hydrogen-bond donors (Lipinski definition) is 2. The number of hydrogen-bond acceptors (Lipinski definition) is 5. The van der Waals surface area contributed by atoms with Crippen LogP contribution in [0.2, 0.25) is 0 Å². The van der Waals surface area contributed by atoms with E-state index in [1.165, 1.54) is 23.1 Å². The monoisotopic (exact) mass is 526 g/mol. The van der Waals surface area contributed by atoms with Gasteiger partial charge in [-0.05, 0) is 84.8 Å². The van der Waals surface area contributed by atoms with Gasteiger partial charge in [-0.25, -0.2) is 0 Å². The summed E-state index contributed by atoms with van der Waals surface area (Å²) in [6, 6.07) is 26.5. The fraction of sp³-hybridized carbons (Fsp3) is 0.312. The molecule has 0 unspecified atom stereocenters. The second-order valence-corrected chi connectivity index (χ2v) is 10.8. The highest BCUT2D eigenvalue weighted by atomic mass is 32.2. The Morgan fingerprint density at radius 3 is 2.47 bits per heavy atom. The van der Waals surface area contributed by atoms with Gasteiger partial charge in [-0.2, -0.15) is 0 Å². The summed E-state index contributed by atoms with van der Waals surface area (Å²) in [6.07, 6.45) is 3.84. The van der Waals surface area contributed by atoms with Crippen LogP contribution >= 0.6 is 11.9 Å². The highest BCUT2D eigenvalue weighted by Gasteiger charge is 2.10. The Labute approximate surface area is 231 Å². The first-order valence-corrected chi connectivity index (χ1v) is 14.3. The molecule has 0 spiro atoms. The average Bonchev–Trinajstić information content (AvgIpc) is 2.94. The molecule has 1 heterocycles. The van der Waals surface area contributed by atoms with Gasteiger partial charge in [0, 0.05) is 42.5 Å². The summed E-state index contributed by atoms with van der Waals surface area (Å²) in [7, 11) is 0. The van der Waals surface area contributed by atoms with Gasteiger partial charge >= 0.3 is 0 Å². The molecule has 5 nitrogen and oxygen atoms in total. The molecule has 0 aliphatic heterocycles. The highest BCUT2D eigenvalue weighted by Crippen LogP contribution is 2.27. The molecule has 0 aliphatic carbocycles. The summed E-state index contributed by atoms with van der Waals surface area (Å²) in [5.74, 6) is 0.610. The lowest BCUT2D eigenvalue weighted by atomic mass is 9.97. The van der Waals surface area contributed by atoms with Crippen LogP contribution in [0.5, 0.6) is 0 Å². The van der Waals surface area contributed by atoms with E-state index in [9.17, 15) is 4.79 Å². The Bertz CT molecular complexity index is 1320. The molecule has 4 rings (SSSR count). The Morgan fingerprint density at radius 2 is 1.71 bits per heavy atom. The molecule has 6 heteroatoms. The number of fused-ring (bicyclic) bond motifs is 1. The Balaban J connectivity index is 1.22. The number of rotatable bonds is 13. The molecule has 198 valence electrons. The van der Waals surface area contributed by atoms with Crippen molar-refractivity contribution < 1.29 is 4.79 Å². The molecule has 0 radical (unpaired) electrons. The second-order valence-electron chi connectivity index (χ2n) is 9.96. The van der Waals surface area contributed by atoms with E-state index in [1.54, 1.807) is 0 Å². The van der Waals surface area contributed by atoms with Crippen molar-refractivity contribution in [2.24, 2.45) is 5.92 Å². The third-order valence-electron chi connectivity index (χ3n) is 6.55. The van der Waals surface area contributed by atoms with Crippen LogP contribution in [0.1, 0.15) is 48.7 Å². The van der Waals surface area contributed by atoms with Gasteiger partial charge in [0.05, 0.1) is 10.4 Å². The van der Waals surface area contributed by atoms with E-state index in [0.717, 1.165) is 54.0 Å². The maximum Gasteiger partial charge on any atom is 0.251 e. The molecule has 0 fully saturated rings. The molecule has 38 heavy (non-hydrogen) atoms. The van der Waals surface area contributed by atoms with Crippen molar-refractivity contribution in [2.75, 3.05) is 24.4 Å². The zero-order chi connectivity index (χ0) is 26.7. The van der Waals surface area contributed by atoms with E-state index in [1.807, 2.05) is 42.6 Å². The van der Waals surface area contributed by atoms with Gasteiger partial charge in [0.15, 0.2) is 0 Å². The first kappa shape index (κ1) is 27.7. The average molecular weight is 527 g/mol. The van der Waals surface area contributed by atoms with Crippen LogP contribution in [-0.4, -0.2) is 35.4 Å². The lowest BCUT2D eigenvalue weighted by Crippen LogP contribution is -2.30. The van der Waals surface area contributed by atoms with Gasteiger partial charge in [-0.1, -0.05) is 63.2 Å². The summed E-state index contributed by atoms with van der Waals surface area (Å²) >= 11 is 1.53. The summed E-state index contributed by atoms with van der Waals surface area (Å²) in [5.41, 5.74) is 5.44. The number of aromatic nitrogens is 1. The molecule has 0 atom stereocenters. The topological polar surface area (TPSA) is 57.3 Å². The van der Waals surface area contributed by atoms with Crippen molar-refractivity contribution in [2.45, 2.75) is 45.1 Å². The molecule has 0 aliphatic rings. The van der Waals surface area contributed by atoms with Gasteiger partial charge in [0.1, 0.15) is 0 Å². The minimum Gasteiger partial charge on any atom is -0.352 e. The zero-order valence-corrected chi connectivity index (χ0v) is 23.4. The number of nitrogens with zero attached hydrogens (tertiary/aromatic N) is 2. The number of carbonyl (C=O) groups is 1. The quantitative estimate of drug-likeness (QED) is 0.143. The maximum atomic E-state index is 12.7. The molecule has 1 amide bonds. The van der Waals surface area contributed by atoms with E-state index in [0.29, 0.717) is 18.0 Å². The van der Waals surface area contributed by atoms with Crippen LogP contribution in [0.3, 0.4) is 0 Å². The minimum atomic E-state index is -0.0345. The fourth-order valence-electron chi connectivity index (χ4n) is 4.51. The summed E-state index contributed by atoms with van der Waals surface area (Å²) in [4.78, 5) is 20.7. The number of anilines is 1. The smallest absolute Gasteiger partial charge is 0.251 e. The predicted molar refractivity (Wildman–Crippen MR) is 161 cm³/mol. The molecule has 1 aromatic heterocycles. The SMILES string of the molecule is CCN(CCCNC(=O)c1ccc(NSc2cccc3cccnc23)cc1)Cc1ccccc1CC(C)C. The number of para-hydroxylation sites is 1. The number of benzene rings is 3. The highest BCUT2D eigenvalue weighted by molar-refractivity contribution is 8.00. The third kappa shape index (κ3) is 7.83. The van der Waals surface area contributed by atoms with Gasteiger partial charge in [0.2, 0.25) is 0 Å².